The summed E-state index contributed by atoms with van der Waals surface area (Å²) in [5, 5.41) is 5.85. The number of carbonyl (C=O) groups is 1. The summed E-state index contributed by atoms with van der Waals surface area (Å²) in [6, 6.07) is 13.0. The van der Waals surface area contributed by atoms with E-state index in [1.807, 2.05) is 13.0 Å². The summed E-state index contributed by atoms with van der Waals surface area (Å²) in [4.78, 5) is 23.6. The SMILES string of the molecule is Cc1cc(Nc2ccc(NC(=O)c3cccc(C(F)(F)F)c3)cc2)nc(N2CCCC2)n1. The van der Waals surface area contributed by atoms with Crippen LogP contribution in [0.2, 0.25) is 0 Å². The molecule has 1 aromatic heterocycles. The van der Waals surface area contributed by atoms with Gasteiger partial charge in [-0.3, -0.25) is 4.79 Å². The van der Waals surface area contributed by atoms with Crippen LogP contribution in [0.15, 0.2) is 54.6 Å². The van der Waals surface area contributed by atoms with E-state index in [0.717, 1.165) is 49.4 Å². The lowest BCUT2D eigenvalue weighted by Gasteiger charge is -2.17. The maximum absolute atomic E-state index is 12.9. The Labute approximate surface area is 183 Å². The first kappa shape index (κ1) is 21.6. The molecule has 1 saturated heterocycles. The number of aryl methyl sites for hydroxylation is 1. The summed E-state index contributed by atoms with van der Waals surface area (Å²) in [6.45, 7) is 3.81. The second kappa shape index (κ2) is 8.86. The molecule has 1 amide bonds. The zero-order chi connectivity index (χ0) is 22.7. The van der Waals surface area contributed by atoms with Crippen LogP contribution in [0.4, 0.5) is 36.3 Å². The second-order valence-electron chi connectivity index (χ2n) is 7.62. The van der Waals surface area contributed by atoms with Gasteiger partial charge in [-0.05, 0) is 62.2 Å². The van der Waals surface area contributed by atoms with Gasteiger partial charge < -0.3 is 15.5 Å². The predicted octanol–water partition coefficient (Wildman–Crippen LogP) is 5.40. The van der Waals surface area contributed by atoms with Crippen molar-refractivity contribution in [3.05, 3.63) is 71.4 Å². The van der Waals surface area contributed by atoms with Gasteiger partial charge in [0, 0.05) is 41.8 Å². The normalized spacial score (nSPS) is 13.8. The maximum atomic E-state index is 12.9. The molecule has 1 fully saturated rings. The molecular formula is C23H22F3N5O. The first-order valence-electron chi connectivity index (χ1n) is 10.2. The molecule has 9 heteroatoms. The molecule has 32 heavy (non-hydrogen) atoms. The van der Waals surface area contributed by atoms with Crippen molar-refractivity contribution in [2.75, 3.05) is 28.6 Å². The molecule has 0 atom stereocenters. The zero-order valence-electron chi connectivity index (χ0n) is 17.4. The van der Waals surface area contributed by atoms with E-state index in [-0.39, 0.29) is 5.56 Å². The molecule has 1 aliphatic heterocycles. The fourth-order valence-electron chi connectivity index (χ4n) is 3.50. The quantitative estimate of drug-likeness (QED) is 0.555. The van der Waals surface area contributed by atoms with Gasteiger partial charge in [0.15, 0.2) is 0 Å². The molecule has 2 heterocycles. The van der Waals surface area contributed by atoms with Crippen molar-refractivity contribution >= 4 is 29.0 Å². The molecule has 2 N–H and O–H groups in total. The molecular weight excluding hydrogens is 419 g/mol. The van der Waals surface area contributed by atoms with E-state index in [1.165, 1.54) is 12.1 Å². The number of carbonyl (C=O) groups excluding carboxylic acids is 1. The highest BCUT2D eigenvalue weighted by Crippen LogP contribution is 2.30. The number of benzene rings is 2. The summed E-state index contributed by atoms with van der Waals surface area (Å²) in [6.07, 6.45) is -2.24. The first-order valence-corrected chi connectivity index (χ1v) is 10.2. The number of halogens is 3. The molecule has 0 bridgehead atoms. The van der Waals surface area contributed by atoms with Crippen molar-refractivity contribution in [2.45, 2.75) is 25.9 Å². The Morgan fingerprint density at radius 1 is 0.969 bits per heavy atom. The van der Waals surface area contributed by atoms with Crippen LogP contribution in [0, 0.1) is 6.92 Å². The van der Waals surface area contributed by atoms with E-state index >= 15 is 0 Å². The zero-order valence-corrected chi connectivity index (χ0v) is 17.4. The highest BCUT2D eigenvalue weighted by atomic mass is 19.4. The van der Waals surface area contributed by atoms with Crippen LogP contribution in [0.25, 0.3) is 0 Å². The third kappa shape index (κ3) is 5.16. The van der Waals surface area contributed by atoms with Crippen molar-refractivity contribution in [1.29, 1.82) is 0 Å². The smallest absolute Gasteiger partial charge is 0.341 e. The highest BCUT2D eigenvalue weighted by Gasteiger charge is 2.30. The Morgan fingerprint density at radius 3 is 2.34 bits per heavy atom. The van der Waals surface area contributed by atoms with Gasteiger partial charge in [-0.25, -0.2) is 4.98 Å². The Balaban J connectivity index is 1.43. The lowest BCUT2D eigenvalue weighted by molar-refractivity contribution is -0.137. The lowest BCUT2D eigenvalue weighted by atomic mass is 10.1. The van der Waals surface area contributed by atoms with Crippen LogP contribution in [-0.4, -0.2) is 29.0 Å². The topological polar surface area (TPSA) is 70.2 Å². The monoisotopic (exact) mass is 441 g/mol. The Morgan fingerprint density at radius 2 is 1.66 bits per heavy atom. The number of rotatable bonds is 5. The van der Waals surface area contributed by atoms with Crippen molar-refractivity contribution < 1.29 is 18.0 Å². The third-order valence-electron chi connectivity index (χ3n) is 5.10. The number of anilines is 4. The number of aromatic nitrogens is 2. The van der Waals surface area contributed by atoms with E-state index in [0.29, 0.717) is 17.5 Å². The van der Waals surface area contributed by atoms with Gasteiger partial charge in [-0.15, -0.1) is 0 Å². The number of nitrogens with one attached hydrogen (secondary N) is 2. The minimum atomic E-state index is -4.50. The van der Waals surface area contributed by atoms with E-state index < -0.39 is 17.6 Å². The standard InChI is InChI=1S/C23H22F3N5O/c1-15-13-20(30-22(27-15)31-11-2-3-12-31)28-18-7-9-19(10-8-18)29-21(32)16-5-4-6-17(14-16)23(24,25)26/h4-10,13-14H,2-3,11-12H2,1H3,(H,29,32)(H,27,28,30). The molecule has 2 aromatic carbocycles. The van der Waals surface area contributed by atoms with Crippen LogP contribution < -0.4 is 15.5 Å². The minimum Gasteiger partial charge on any atom is -0.341 e. The number of alkyl halides is 3. The van der Waals surface area contributed by atoms with Crippen molar-refractivity contribution in [2.24, 2.45) is 0 Å². The first-order chi connectivity index (χ1) is 15.3. The minimum absolute atomic E-state index is 0.0621. The summed E-state index contributed by atoms with van der Waals surface area (Å²) in [5.41, 5.74) is 1.16. The second-order valence-corrected chi connectivity index (χ2v) is 7.62. The van der Waals surface area contributed by atoms with Gasteiger partial charge in [0.2, 0.25) is 5.95 Å². The summed E-state index contributed by atoms with van der Waals surface area (Å²) in [5.74, 6) is 0.758. The van der Waals surface area contributed by atoms with Gasteiger partial charge in [0.25, 0.3) is 5.91 Å². The van der Waals surface area contributed by atoms with Crippen LogP contribution in [-0.2, 0) is 6.18 Å². The maximum Gasteiger partial charge on any atom is 0.416 e. The Hall–Kier alpha value is -3.62. The van der Waals surface area contributed by atoms with Gasteiger partial charge in [-0.1, -0.05) is 6.07 Å². The molecule has 3 aromatic rings. The molecule has 1 aliphatic rings. The largest absolute Gasteiger partial charge is 0.416 e. The summed E-state index contributed by atoms with van der Waals surface area (Å²) < 4.78 is 38.6. The van der Waals surface area contributed by atoms with E-state index in [2.05, 4.69) is 25.5 Å². The Bertz CT molecular complexity index is 1110. The van der Waals surface area contributed by atoms with Gasteiger partial charge in [0.05, 0.1) is 5.56 Å². The van der Waals surface area contributed by atoms with Crippen LogP contribution in [0.1, 0.15) is 34.5 Å². The molecule has 0 spiro atoms. The van der Waals surface area contributed by atoms with Gasteiger partial charge >= 0.3 is 6.18 Å². The Kier molecular flexibility index (Phi) is 5.98. The average Bonchev–Trinajstić information content (AvgIpc) is 3.29. The van der Waals surface area contributed by atoms with Gasteiger partial charge in [0.1, 0.15) is 5.82 Å². The summed E-state index contributed by atoms with van der Waals surface area (Å²) in [7, 11) is 0. The van der Waals surface area contributed by atoms with Crippen LogP contribution in [0.5, 0.6) is 0 Å². The van der Waals surface area contributed by atoms with Crippen LogP contribution in [0.3, 0.4) is 0 Å². The highest BCUT2D eigenvalue weighted by molar-refractivity contribution is 6.04. The fraction of sp³-hybridized carbons (Fsp3) is 0.261. The average molecular weight is 441 g/mol. The van der Waals surface area contributed by atoms with Crippen molar-refractivity contribution in [3.8, 4) is 0 Å². The van der Waals surface area contributed by atoms with Crippen LogP contribution >= 0.6 is 0 Å². The lowest BCUT2D eigenvalue weighted by Crippen LogP contribution is -2.21. The van der Waals surface area contributed by atoms with E-state index in [9.17, 15) is 18.0 Å². The van der Waals surface area contributed by atoms with Crippen molar-refractivity contribution in [1.82, 2.24) is 9.97 Å². The van der Waals surface area contributed by atoms with E-state index in [4.69, 9.17) is 0 Å². The molecule has 4 rings (SSSR count). The molecule has 0 radical (unpaired) electrons. The molecule has 166 valence electrons. The number of amides is 1. The summed E-state index contributed by atoms with van der Waals surface area (Å²) >= 11 is 0. The molecule has 0 saturated carbocycles. The van der Waals surface area contributed by atoms with E-state index in [1.54, 1.807) is 24.3 Å². The molecule has 0 aliphatic carbocycles. The van der Waals surface area contributed by atoms with Gasteiger partial charge in [-0.2, -0.15) is 18.2 Å². The van der Waals surface area contributed by atoms with Crippen molar-refractivity contribution in [3.63, 3.8) is 0 Å². The number of nitrogens with zero attached hydrogens (tertiary/aromatic N) is 3. The molecule has 6 nitrogen and oxygen atoms in total. The fourth-order valence-corrected chi connectivity index (χ4v) is 3.50. The number of hydrogen-bond donors (Lipinski definition) is 2. The predicted molar refractivity (Wildman–Crippen MR) is 117 cm³/mol. The molecule has 0 unspecified atom stereocenters. The third-order valence-corrected chi connectivity index (χ3v) is 5.10. The number of hydrogen-bond acceptors (Lipinski definition) is 5.